The Bertz CT molecular complexity index is 158. The standard InChI is InChI=1S/C13H28N2O/c1-3-13(2)16-12-6-7-14-8-11-15-9-4-5-10-15/h13-14H,3-12H2,1-2H3. The van der Waals surface area contributed by atoms with Crippen LogP contribution in [0.4, 0.5) is 0 Å². The molecule has 3 nitrogen and oxygen atoms in total. The summed E-state index contributed by atoms with van der Waals surface area (Å²) in [7, 11) is 0. The lowest BCUT2D eigenvalue weighted by Gasteiger charge is -2.15. The molecule has 0 aliphatic carbocycles. The monoisotopic (exact) mass is 228 g/mol. The van der Waals surface area contributed by atoms with E-state index in [0.29, 0.717) is 6.10 Å². The van der Waals surface area contributed by atoms with Gasteiger partial charge in [-0.05, 0) is 52.2 Å². The summed E-state index contributed by atoms with van der Waals surface area (Å²) in [5.41, 5.74) is 0. The van der Waals surface area contributed by atoms with Crippen LogP contribution in [0.25, 0.3) is 0 Å². The van der Waals surface area contributed by atoms with Crippen LogP contribution < -0.4 is 5.32 Å². The van der Waals surface area contributed by atoms with Crippen LogP contribution in [0.1, 0.15) is 39.5 Å². The Hall–Kier alpha value is -0.120. The van der Waals surface area contributed by atoms with Crippen LogP contribution in [0.3, 0.4) is 0 Å². The van der Waals surface area contributed by atoms with Gasteiger partial charge in [0.15, 0.2) is 0 Å². The zero-order valence-corrected chi connectivity index (χ0v) is 11.0. The zero-order valence-electron chi connectivity index (χ0n) is 11.0. The molecule has 16 heavy (non-hydrogen) atoms. The minimum Gasteiger partial charge on any atom is -0.378 e. The largest absolute Gasteiger partial charge is 0.378 e. The van der Waals surface area contributed by atoms with Gasteiger partial charge in [-0.1, -0.05) is 6.92 Å². The van der Waals surface area contributed by atoms with Crippen LogP contribution in [-0.2, 0) is 4.74 Å². The second-order valence-electron chi connectivity index (χ2n) is 4.74. The minimum atomic E-state index is 0.421. The number of nitrogens with one attached hydrogen (secondary N) is 1. The van der Waals surface area contributed by atoms with E-state index in [-0.39, 0.29) is 0 Å². The fourth-order valence-corrected chi connectivity index (χ4v) is 1.97. The highest BCUT2D eigenvalue weighted by Crippen LogP contribution is 2.05. The predicted molar refractivity (Wildman–Crippen MR) is 68.9 cm³/mol. The number of nitrogens with zero attached hydrogens (tertiary/aromatic N) is 1. The van der Waals surface area contributed by atoms with Crippen LogP contribution in [0.2, 0.25) is 0 Å². The van der Waals surface area contributed by atoms with Crippen molar-refractivity contribution in [3.8, 4) is 0 Å². The lowest BCUT2D eigenvalue weighted by Crippen LogP contribution is -2.30. The Morgan fingerprint density at radius 1 is 1.25 bits per heavy atom. The molecule has 96 valence electrons. The van der Waals surface area contributed by atoms with Gasteiger partial charge in [0.1, 0.15) is 0 Å². The highest BCUT2D eigenvalue weighted by Gasteiger charge is 2.09. The molecule has 1 aliphatic heterocycles. The smallest absolute Gasteiger partial charge is 0.0544 e. The van der Waals surface area contributed by atoms with E-state index in [1.165, 1.54) is 32.5 Å². The molecule has 0 radical (unpaired) electrons. The number of ether oxygens (including phenoxy) is 1. The Morgan fingerprint density at radius 2 is 2.00 bits per heavy atom. The second-order valence-corrected chi connectivity index (χ2v) is 4.74. The van der Waals surface area contributed by atoms with Gasteiger partial charge >= 0.3 is 0 Å². The molecule has 0 aromatic heterocycles. The molecule has 1 atom stereocenters. The van der Waals surface area contributed by atoms with Crippen LogP contribution in [-0.4, -0.2) is 50.3 Å². The third-order valence-corrected chi connectivity index (χ3v) is 3.28. The van der Waals surface area contributed by atoms with Crippen LogP contribution >= 0.6 is 0 Å². The average Bonchev–Trinajstić information content (AvgIpc) is 2.80. The number of hydrogen-bond acceptors (Lipinski definition) is 3. The van der Waals surface area contributed by atoms with E-state index in [0.717, 1.165) is 32.5 Å². The SMILES string of the molecule is CCC(C)OCCCNCCN1CCCC1. The van der Waals surface area contributed by atoms with E-state index in [4.69, 9.17) is 4.74 Å². The highest BCUT2D eigenvalue weighted by molar-refractivity contribution is 4.66. The molecule has 0 amide bonds. The Balaban J connectivity index is 1.77. The number of hydrogen-bond donors (Lipinski definition) is 1. The Kier molecular flexibility index (Phi) is 7.81. The molecular formula is C13H28N2O. The first kappa shape index (κ1) is 13.9. The first-order valence-corrected chi connectivity index (χ1v) is 6.87. The van der Waals surface area contributed by atoms with Gasteiger partial charge in [-0.3, -0.25) is 0 Å². The molecule has 1 saturated heterocycles. The van der Waals surface area contributed by atoms with Crippen molar-refractivity contribution in [2.75, 3.05) is 39.3 Å². The van der Waals surface area contributed by atoms with Crippen molar-refractivity contribution in [3.63, 3.8) is 0 Å². The molecule has 0 spiro atoms. The van der Waals surface area contributed by atoms with Gasteiger partial charge in [-0.25, -0.2) is 0 Å². The van der Waals surface area contributed by atoms with E-state index >= 15 is 0 Å². The molecule has 1 fully saturated rings. The molecule has 0 bridgehead atoms. The van der Waals surface area contributed by atoms with E-state index in [9.17, 15) is 0 Å². The van der Waals surface area contributed by atoms with Gasteiger partial charge in [0.25, 0.3) is 0 Å². The van der Waals surface area contributed by atoms with Gasteiger partial charge in [-0.15, -0.1) is 0 Å². The number of likely N-dealkylation sites (tertiary alicyclic amines) is 1. The molecule has 0 saturated carbocycles. The van der Waals surface area contributed by atoms with Gasteiger partial charge in [-0.2, -0.15) is 0 Å². The predicted octanol–water partition coefficient (Wildman–Crippen LogP) is 1.88. The van der Waals surface area contributed by atoms with Gasteiger partial charge in [0.05, 0.1) is 6.10 Å². The number of rotatable bonds is 9. The summed E-state index contributed by atoms with van der Waals surface area (Å²) in [6.07, 6.45) is 5.45. The van der Waals surface area contributed by atoms with Crippen LogP contribution in [0.5, 0.6) is 0 Å². The van der Waals surface area contributed by atoms with Crippen molar-refractivity contribution < 1.29 is 4.74 Å². The summed E-state index contributed by atoms with van der Waals surface area (Å²) in [6.45, 7) is 11.2. The van der Waals surface area contributed by atoms with Crippen molar-refractivity contribution in [2.45, 2.75) is 45.6 Å². The van der Waals surface area contributed by atoms with Crippen molar-refractivity contribution in [2.24, 2.45) is 0 Å². The molecule has 0 aromatic carbocycles. The Labute approximate surface area is 101 Å². The fraction of sp³-hybridized carbons (Fsp3) is 1.00. The molecule has 0 aromatic rings. The summed E-state index contributed by atoms with van der Waals surface area (Å²) in [5, 5.41) is 3.48. The quantitative estimate of drug-likeness (QED) is 0.610. The van der Waals surface area contributed by atoms with Crippen LogP contribution in [0, 0.1) is 0 Å². The van der Waals surface area contributed by atoms with Crippen molar-refractivity contribution >= 4 is 0 Å². The zero-order chi connectivity index (χ0) is 11.6. The maximum atomic E-state index is 5.62. The molecule has 1 unspecified atom stereocenters. The van der Waals surface area contributed by atoms with E-state index in [1.807, 2.05) is 0 Å². The molecule has 1 heterocycles. The van der Waals surface area contributed by atoms with Gasteiger partial charge in [0.2, 0.25) is 0 Å². The van der Waals surface area contributed by atoms with Crippen molar-refractivity contribution in [1.82, 2.24) is 10.2 Å². The van der Waals surface area contributed by atoms with Crippen molar-refractivity contribution in [1.29, 1.82) is 0 Å². The lowest BCUT2D eigenvalue weighted by molar-refractivity contribution is 0.0620. The summed E-state index contributed by atoms with van der Waals surface area (Å²) in [6, 6.07) is 0. The normalized spacial score (nSPS) is 19.1. The first-order chi connectivity index (χ1) is 7.83. The summed E-state index contributed by atoms with van der Waals surface area (Å²) in [4.78, 5) is 2.54. The fourth-order valence-electron chi connectivity index (χ4n) is 1.97. The minimum absolute atomic E-state index is 0.421. The average molecular weight is 228 g/mol. The summed E-state index contributed by atoms with van der Waals surface area (Å²) < 4.78 is 5.62. The van der Waals surface area contributed by atoms with E-state index in [2.05, 4.69) is 24.1 Å². The third-order valence-electron chi connectivity index (χ3n) is 3.28. The van der Waals surface area contributed by atoms with Crippen molar-refractivity contribution in [3.05, 3.63) is 0 Å². The summed E-state index contributed by atoms with van der Waals surface area (Å²) >= 11 is 0. The first-order valence-electron chi connectivity index (χ1n) is 6.87. The van der Waals surface area contributed by atoms with Gasteiger partial charge < -0.3 is 15.0 Å². The maximum absolute atomic E-state index is 5.62. The molecule has 1 N–H and O–H groups in total. The maximum Gasteiger partial charge on any atom is 0.0544 e. The summed E-state index contributed by atoms with van der Waals surface area (Å²) in [5.74, 6) is 0. The highest BCUT2D eigenvalue weighted by atomic mass is 16.5. The third kappa shape index (κ3) is 6.46. The van der Waals surface area contributed by atoms with E-state index in [1.54, 1.807) is 0 Å². The molecule has 1 rings (SSSR count). The Morgan fingerprint density at radius 3 is 2.69 bits per heavy atom. The van der Waals surface area contributed by atoms with Gasteiger partial charge in [0, 0.05) is 19.7 Å². The molecular weight excluding hydrogens is 200 g/mol. The lowest BCUT2D eigenvalue weighted by atomic mass is 10.3. The molecule has 1 aliphatic rings. The molecule has 3 heteroatoms. The van der Waals surface area contributed by atoms with Crippen LogP contribution in [0.15, 0.2) is 0 Å². The van der Waals surface area contributed by atoms with E-state index < -0.39 is 0 Å². The topological polar surface area (TPSA) is 24.5 Å². The second kappa shape index (κ2) is 8.97.